The fourth-order valence-corrected chi connectivity index (χ4v) is 3.68. The molecule has 0 amide bonds. The molecule has 5 rings (SSSR count). The number of carboxylic acid groups (broad SMARTS) is 1. The zero-order chi connectivity index (χ0) is 22.1. The van der Waals surface area contributed by atoms with Crippen LogP contribution in [-0.2, 0) is 0 Å². The van der Waals surface area contributed by atoms with E-state index in [0.717, 1.165) is 33.8 Å². The number of aromatic carboxylic acids is 1. The number of nitrogens with zero attached hydrogens (tertiary/aromatic N) is 1. The number of aromatic amines is 1. The van der Waals surface area contributed by atoms with E-state index in [9.17, 15) is 9.90 Å². The van der Waals surface area contributed by atoms with E-state index in [2.05, 4.69) is 9.97 Å². The second-order valence-corrected chi connectivity index (χ2v) is 7.56. The highest BCUT2D eigenvalue weighted by molar-refractivity contribution is 6.01. The Bertz CT molecular complexity index is 1420. The van der Waals surface area contributed by atoms with Crippen LogP contribution in [0.2, 0.25) is 0 Å². The van der Waals surface area contributed by atoms with E-state index in [0.29, 0.717) is 16.9 Å². The summed E-state index contributed by atoms with van der Waals surface area (Å²) in [7, 11) is 0. The molecule has 0 unspecified atom stereocenters. The van der Waals surface area contributed by atoms with Gasteiger partial charge < -0.3 is 14.8 Å². The third kappa shape index (κ3) is 3.72. The molecule has 5 heteroatoms. The summed E-state index contributed by atoms with van der Waals surface area (Å²) in [5.41, 5.74) is 5.48. The van der Waals surface area contributed by atoms with Gasteiger partial charge in [0.25, 0.3) is 0 Å². The maximum atomic E-state index is 11.4. The summed E-state index contributed by atoms with van der Waals surface area (Å²) >= 11 is 0. The van der Waals surface area contributed by atoms with Gasteiger partial charge in [0.05, 0.1) is 11.1 Å². The molecular formula is C27H20N2O3. The monoisotopic (exact) mass is 420 g/mol. The number of hydrogen-bond donors (Lipinski definition) is 2. The quantitative estimate of drug-likeness (QED) is 0.332. The molecule has 4 aromatic carbocycles. The highest BCUT2D eigenvalue weighted by Crippen LogP contribution is 2.29. The van der Waals surface area contributed by atoms with Gasteiger partial charge >= 0.3 is 5.97 Å². The summed E-state index contributed by atoms with van der Waals surface area (Å²) < 4.78 is 5.98. The molecule has 5 aromatic rings. The minimum absolute atomic E-state index is 0.189. The largest absolute Gasteiger partial charge is 0.478 e. The molecule has 1 heterocycles. The zero-order valence-corrected chi connectivity index (χ0v) is 17.4. The molecule has 0 saturated carbocycles. The van der Waals surface area contributed by atoms with Crippen molar-refractivity contribution in [3.05, 3.63) is 102 Å². The third-order valence-electron chi connectivity index (χ3n) is 5.41. The second-order valence-electron chi connectivity index (χ2n) is 7.56. The number of carboxylic acids is 1. The van der Waals surface area contributed by atoms with E-state index in [1.807, 2.05) is 85.8 Å². The maximum absolute atomic E-state index is 11.4. The Morgan fingerprint density at radius 2 is 1.47 bits per heavy atom. The first kappa shape index (κ1) is 19.6. The van der Waals surface area contributed by atoms with Crippen molar-refractivity contribution in [2.45, 2.75) is 6.92 Å². The minimum Gasteiger partial charge on any atom is -0.478 e. The Balaban J connectivity index is 1.38. The maximum Gasteiger partial charge on any atom is 0.337 e. The van der Waals surface area contributed by atoms with Gasteiger partial charge in [-0.25, -0.2) is 9.78 Å². The molecule has 2 N–H and O–H groups in total. The number of ether oxygens (including phenoxy) is 1. The van der Waals surface area contributed by atoms with Crippen molar-refractivity contribution in [1.82, 2.24) is 9.97 Å². The zero-order valence-electron chi connectivity index (χ0n) is 17.4. The lowest BCUT2D eigenvalue weighted by molar-refractivity contribution is 0.0699. The first-order valence-corrected chi connectivity index (χ1v) is 10.2. The summed E-state index contributed by atoms with van der Waals surface area (Å²) in [6.07, 6.45) is 0. The van der Waals surface area contributed by atoms with Gasteiger partial charge in [-0.05, 0) is 53.9 Å². The van der Waals surface area contributed by atoms with Crippen LogP contribution in [0, 0.1) is 6.92 Å². The predicted octanol–water partition coefficient (Wildman–Crippen LogP) is 6.70. The van der Waals surface area contributed by atoms with Crippen LogP contribution in [0.15, 0.2) is 91.0 Å². The summed E-state index contributed by atoms with van der Waals surface area (Å²) in [4.78, 5) is 19.2. The van der Waals surface area contributed by atoms with Crippen molar-refractivity contribution in [2.75, 3.05) is 0 Å². The molecule has 0 spiro atoms. The highest BCUT2D eigenvalue weighted by Gasteiger charge is 2.13. The molecule has 32 heavy (non-hydrogen) atoms. The minimum atomic E-state index is -0.987. The lowest BCUT2D eigenvalue weighted by Crippen LogP contribution is -1.96. The highest BCUT2D eigenvalue weighted by atomic mass is 16.5. The van der Waals surface area contributed by atoms with E-state index in [1.165, 1.54) is 0 Å². The molecular weight excluding hydrogens is 400 g/mol. The normalized spacial score (nSPS) is 10.9. The van der Waals surface area contributed by atoms with Crippen molar-refractivity contribution in [1.29, 1.82) is 0 Å². The van der Waals surface area contributed by atoms with Gasteiger partial charge in [-0.15, -0.1) is 0 Å². The van der Waals surface area contributed by atoms with Crippen molar-refractivity contribution < 1.29 is 14.6 Å². The Kier molecular flexibility index (Phi) is 4.92. The number of carbonyl (C=O) groups is 1. The SMILES string of the molecule is Cc1ccccc1Oc1ccc(-c2ccc(-c3nc4c(C(=O)O)cccc4[nH]3)cc2)cc1. The topological polar surface area (TPSA) is 75.2 Å². The van der Waals surface area contributed by atoms with E-state index in [1.54, 1.807) is 12.1 Å². The average molecular weight is 420 g/mol. The number of rotatable bonds is 5. The first-order valence-electron chi connectivity index (χ1n) is 10.2. The molecule has 1 aromatic heterocycles. The summed E-state index contributed by atoms with van der Waals surface area (Å²) in [6.45, 7) is 2.02. The van der Waals surface area contributed by atoms with Crippen LogP contribution in [-0.4, -0.2) is 21.0 Å². The van der Waals surface area contributed by atoms with E-state index in [-0.39, 0.29) is 5.56 Å². The van der Waals surface area contributed by atoms with Gasteiger partial charge in [0.2, 0.25) is 0 Å². The average Bonchev–Trinajstić information content (AvgIpc) is 3.25. The van der Waals surface area contributed by atoms with E-state index in [4.69, 9.17) is 4.74 Å². The molecule has 0 atom stereocenters. The van der Waals surface area contributed by atoms with Crippen LogP contribution < -0.4 is 4.74 Å². The Labute approximate surface area is 185 Å². The molecule has 0 radical (unpaired) electrons. The van der Waals surface area contributed by atoms with Gasteiger partial charge in [0.1, 0.15) is 22.8 Å². The number of aryl methyl sites for hydroxylation is 1. The van der Waals surface area contributed by atoms with Crippen LogP contribution in [0.1, 0.15) is 15.9 Å². The summed E-state index contributed by atoms with van der Waals surface area (Å²) in [5.74, 6) is 1.29. The molecule has 5 nitrogen and oxygen atoms in total. The van der Waals surface area contributed by atoms with Gasteiger partial charge in [0, 0.05) is 5.56 Å². The first-order chi connectivity index (χ1) is 15.6. The van der Waals surface area contributed by atoms with Crippen molar-refractivity contribution >= 4 is 17.0 Å². The standard InChI is InChI=1S/C27H20N2O3/c1-17-5-2-3-8-24(17)32-21-15-13-19(14-16-21)18-9-11-20(12-10-18)26-28-23-7-4-6-22(27(30)31)25(23)29-26/h2-16H,1H3,(H,28,29)(H,30,31). The number of aromatic nitrogens is 2. The number of nitrogens with one attached hydrogen (secondary N) is 1. The summed E-state index contributed by atoms with van der Waals surface area (Å²) in [6, 6.07) is 29.0. The molecule has 0 aliphatic rings. The van der Waals surface area contributed by atoms with Gasteiger partial charge in [-0.1, -0.05) is 60.7 Å². The van der Waals surface area contributed by atoms with Gasteiger partial charge in [-0.2, -0.15) is 0 Å². The second kappa shape index (κ2) is 8.04. The van der Waals surface area contributed by atoms with Crippen LogP contribution in [0.5, 0.6) is 11.5 Å². The van der Waals surface area contributed by atoms with Crippen LogP contribution in [0.25, 0.3) is 33.5 Å². The van der Waals surface area contributed by atoms with E-state index < -0.39 is 5.97 Å². The number of hydrogen-bond acceptors (Lipinski definition) is 3. The lowest BCUT2D eigenvalue weighted by Gasteiger charge is -2.09. The number of imidazole rings is 1. The Morgan fingerprint density at radius 1 is 0.812 bits per heavy atom. The fraction of sp³-hybridized carbons (Fsp3) is 0.0370. The number of benzene rings is 4. The Hall–Kier alpha value is -4.38. The molecule has 0 bridgehead atoms. The van der Waals surface area contributed by atoms with Gasteiger partial charge in [0.15, 0.2) is 0 Å². The number of para-hydroxylation sites is 2. The number of fused-ring (bicyclic) bond motifs is 1. The molecule has 0 saturated heterocycles. The smallest absolute Gasteiger partial charge is 0.337 e. The Morgan fingerprint density at radius 3 is 2.16 bits per heavy atom. The van der Waals surface area contributed by atoms with Crippen LogP contribution in [0.4, 0.5) is 0 Å². The lowest BCUT2D eigenvalue weighted by atomic mass is 10.0. The number of H-pyrrole nitrogens is 1. The van der Waals surface area contributed by atoms with Crippen molar-refractivity contribution in [3.63, 3.8) is 0 Å². The summed E-state index contributed by atoms with van der Waals surface area (Å²) in [5, 5.41) is 9.38. The van der Waals surface area contributed by atoms with Gasteiger partial charge in [-0.3, -0.25) is 0 Å². The molecule has 0 aliphatic carbocycles. The molecule has 156 valence electrons. The van der Waals surface area contributed by atoms with Crippen molar-refractivity contribution in [3.8, 4) is 34.0 Å². The van der Waals surface area contributed by atoms with E-state index >= 15 is 0 Å². The third-order valence-corrected chi connectivity index (χ3v) is 5.41. The van der Waals surface area contributed by atoms with Crippen LogP contribution >= 0.6 is 0 Å². The van der Waals surface area contributed by atoms with Crippen molar-refractivity contribution in [2.24, 2.45) is 0 Å². The predicted molar refractivity (Wildman–Crippen MR) is 125 cm³/mol. The fourth-order valence-electron chi connectivity index (χ4n) is 3.68. The molecule has 0 aliphatic heterocycles. The van der Waals surface area contributed by atoms with Crippen LogP contribution in [0.3, 0.4) is 0 Å². The molecule has 0 fully saturated rings.